The Kier molecular flexibility index (Phi) is 2.49. The first-order valence-electron chi connectivity index (χ1n) is 6.05. The molecule has 1 heterocycles. The van der Waals surface area contributed by atoms with Gasteiger partial charge in [-0.1, -0.05) is 30.3 Å². The second-order valence-electron chi connectivity index (χ2n) is 4.49. The topological polar surface area (TPSA) is 56.6 Å². The van der Waals surface area contributed by atoms with Crippen LogP contribution in [0.15, 0.2) is 35.1 Å². The maximum atomic E-state index is 11.9. The van der Waals surface area contributed by atoms with Crippen LogP contribution in [0.25, 0.3) is 11.1 Å². The summed E-state index contributed by atoms with van der Waals surface area (Å²) in [6, 6.07) is 11.7. The third kappa shape index (κ3) is 1.54. The first kappa shape index (κ1) is 10.8. The summed E-state index contributed by atoms with van der Waals surface area (Å²) >= 11 is 0. The van der Waals surface area contributed by atoms with Crippen molar-refractivity contribution < 1.29 is 0 Å². The second-order valence-corrected chi connectivity index (χ2v) is 4.49. The van der Waals surface area contributed by atoms with E-state index in [0.29, 0.717) is 0 Å². The van der Waals surface area contributed by atoms with E-state index in [1.54, 1.807) is 0 Å². The summed E-state index contributed by atoms with van der Waals surface area (Å²) in [5.74, 6) is 0. The number of nitriles is 1. The molecule has 0 saturated heterocycles. The van der Waals surface area contributed by atoms with Crippen LogP contribution in [0, 0.1) is 11.3 Å². The highest BCUT2D eigenvalue weighted by Crippen LogP contribution is 2.32. The molecule has 1 aliphatic carbocycles. The molecule has 0 amide bonds. The zero-order valence-corrected chi connectivity index (χ0v) is 9.86. The second kappa shape index (κ2) is 4.15. The van der Waals surface area contributed by atoms with Gasteiger partial charge < -0.3 is 4.98 Å². The van der Waals surface area contributed by atoms with E-state index in [-0.39, 0.29) is 11.1 Å². The standard InChI is InChI=1S/C15H12N2O/c16-9-12-14(10-5-2-1-3-6-10)11-7-4-8-13(11)17-15(12)18/h1-3,5-6H,4,7-8H2,(H,17,18). The van der Waals surface area contributed by atoms with Gasteiger partial charge in [0.05, 0.1) is 0 Å². The minimum atomic E-state index is -0.267. The van der Waals surface area contributed by atoms with Gasteiger partial charge in [-0.15, -0.1) is 0 Å². The van der Waals surface area contributed by atoms with E-state index in [1.807, 2.05) is 36.4 Å². The predicted octanol–water partition coefficient (Wildman–Crippen LogP) is 2.40. The number of hydrogen-bond acceptors (Lipinski definition) is 2. The number of nitrogens with zero attached hydrogens (tertiary/aromatic N) is 1. The Balaban J connectivity index is 2.38. The monoisotopic (exact) mass is 236 g/mol. The average Bonchev–Trinajstić information content (AvgIpc) is 2.85. The van der Waals surface area contributed by atoms with E-state index in [9.17, 15) is 10.1 Å². The summed E-state index contributed by atoms with van der Waals surface area (Å²) in [6.07, 6.45) is 2.88. The zero-order chi connectivity index (χ0) is 12.5. The minimum Gasteiger partial charge on any atom is -0.325 e. The number of benzene rings is 1. The number of nitrogens with one attached hydrogen (secondary N) is 1. The van der Waals surface area contributed by atoms with Crippen molar-refractivity contribution in [3.63, 3.8) is 0 Å². The van der Waals surface area contributed by atoms with Gasteiger partial charge >= 0.3 is 0 Å². The van der Waals surface area contributed by atoms with Crippen molar-refractivity contribution in [1.82, 2.24) is 4.98 Å². The summed E-state index contributed by atoms with van der Waals surface area (Å²) in [7, 11) is 0. The Labute approximate surface area is 105 Å². The Morgan fingerprint density at radius 3 is 2.67 bits per heavy atom. The van der Waals surface area contributed by atoms with Crippen LogP contribution in [0.1, 0.15) is 23.2 Å². The maximum Gasteiger partial charge on any atom is 0.266 e. The SMILES string of the molecule is N#Cc1c(-c2ccccc2)c2c([nH]c1=O)CCC2. The van der Waals surface area contributed by atoms with Crippen LogP contribution in [0.4, 0.5) is 0 Å². The van der Waals surface area contributed by atoms with E-state index >= 15 is 0 Å². The molecule has 3 nitrogen and oxygen atoms in total. The van der Waals surface area contributed by atoms with Crippen LogP contribution >= 0.6 is 0 Å². The number of aryl methyl sites for hydroxylation is 1. The lowest BCUT2D eigenvalue weighted by molar-refractivity contribution is 0.897. The average molecular weight is 236 g/mol. The van der Waals surface area contributed by atoms with Gasteiger partial charge in [-0.3, -0.25) is 4.79 Å². The molecule has 0 unspecified atom stereocenters. The first-order valence-corrected chi connectivity index (χ1v) is 6.05. The summed E-state index contributed by atoms with van der Waals surface area (Å²) in [4.78, 5) is 14.8. The molecule has 3 rings (SSSR count). The molecule has 0 aliphatic heterocycles. The molecular formula is C15H12N2O. The Morgan fingerprint density at radius 2 is 1.94 bits per heavy atom. The molecule has 2 aromatic rings. The van der Waals surface area contributed by atoms with Crippen LogP contribution in [0.5, 0.6) is 0 Å². The number of H-pyrrole nitrogens is 1. The molecule has 0 bridgehead atoms. The highest BCUT2D eigenvalue weighted by molar-refractivity contribution is 5.74. The van der Waals surface area contributed by atoms with Crippen molar-refractivity contribution in [2.75, 3.05) is 0 Å². The van der Waals surface area contributed by atoms with Gasteiger partial charge in [0.2, 0.25) is 0 Å². The molecular weight excluding hydrogens is 224 g/mol. The molecule has 1 aromatic carbocycles. The van der Waals surface area contributed by atoms with Crippen LogP contribution in [0.2, 0.25) is 0 Å². The van der Waals surface area contributed by atoms with E-state index in [1.165, 1.54) is 0 Å². The lowest BCUT2D eigenvalue weighted by atomic mass is 9.95. The Hall–Kier alpha value is -2.34. The highest BCUT2D eigenvalue weighted by atomic mass is 16.1. The summed E-state index contributed by atoms with van der Waals surface area (Å²) < 4.78 is 0. The molecule has 18 heavy (non-hydrogen) atoms. The zero-order valence-electron chi connectivity index (χ0n) is 9.86. The van der Waals surface area contributed by atoms with Crippen LogP contribution in [0.3, 0.4) is 0 Å². The smallest absolute Gasteiger partial charge is 0.266 e. The van der Waals surface area contributed by atoms with E-state index < -0.39 is 0 Å². The number of rotatable bonds is 1. The largest absolute Gasteiger partial charge is 0.325 e. The highest BCUT2D eigenvalue weighted by Gasteiger charge is 2.21. The molecule has 1 aliphatic rings. The molecule has 0 atom stereocenters. The van der Waals surface area contributed by atoms with Gasteiger partial charge in [0.1, 0.15) is 11.6 Å². The van der Waals surface area contributed by atoms with Crippen molar-refractivity contribution >= 4 is 0 Å². The fourth-order valence-electron chi connectivity index (χ4n) is 2.65. The van der Waals surface area contributed by atoms with E-state index in [4.69, 9.17) is 0 Å². The van der Waals surface area contributed by atoms with Crippen molar-refractivity contribution in [3.8, 4) is 17.2 Å². The van der Waals surface area contributed by atoms with Crippen molar-refractivity contribution in [3.05, 3.63) is 57.5 Å². The minimum absolute atomic E-state index is 0.238. The molecule has 0 fully saturated rings. The first-order chi connectivity index (χ1) is 8.81. The molecule has 0 radical (unpaired) electrons. The number of aromatic nitrogens is 1. The van der Waals surface area contributed by atoms with Gasteiger partial charge in [-0.2, -0.15) is 5.26 Å². The molecule has 1 aromatic heterocycles. The Bertz CT molecular complexity index is 693. The quantitative estimate of drug-likeness (QED) is 0.826. The summed E-state index contributed by atoms with van der Waals surface area (Å²) in [6.45, 7) is 0. The van der Waals surface area contributed by atoms with Gasteiger partial charge in [0.25, 0.3) is 5.56 Å². The Morgan fingerprint density at radius 1 is 1.17 bits per heavy atom. The lowest BCUT2D eigenvalue weighted by Crippen LogP contribution is -2.15. The van der Waals surface area contributed by atoms with Gasteiger partial charge in [0, 0.05) is 11.3 Å². The summed E-state index contributed by atoms with van der Waals surface area (Å²) in [5.41, 5.74) is 3.89. The van der Waals surface area contributed by atoms with Crippen LogP contribution < -0.4 is 5.56 Å². The van der Waals surface area contributed by atoms with Crippen LogP contribution in [-0.4, -0.2) is 4.98 Å². The van der Waals surface area contributed by atoms with Crippen molar-refractivity contribution in [2.45, 2.75) is 19.3 Å². The number of fused-ring (bicyclic) bond motifs is 1. The maximum absolute atomic E-state index is 11.9. The predicted molar refractivity (Wildman–Crippen MR) is 69.2 cm³/mol. The van der Waals surface area contributed by atoms with Crippen molar-refractivity contribution in [2.24, 2.45) is 0 Å². The number of pyridine rings is 1. The molecule has 0 spiro atoms. The third-order valence-corrected chi connectivity index (χ3v) is 3.44. The molecule has 0 saturated carbocycles. The summed E-state index contributed by atoms with van der Waals surface area (Å²) in [5, 5.41) is 9.22. The number of hydrogen-bond donors (Lipinski definition) is 1. The fraction of sp³-hybridized carbons (Fsp3) is 0.200. The van der Waals surface area contributed by atoms with E-state index in [0.717, 1.165) is 41.6 Å². The van der Waals surface area contributed by atoms with Gasteiger partial charge in [-0.05, 0) is 30.4 Å². The van der Waals surface area contributed by atoms with E-state index in [2.05, 4.69) is 4.98 Å². The molecule has 88 valence electrons. The van der Waals surface area contributed by atoms with Crippen LogP contribution in [-0.2, 0) is 12.8 Å². The third-order valence-electron chi connectivity index (χ3n) is 3.44. The molecule has 3 heteroatoms. The number of aromatic amines is 1. The fourth-order valence-corrected chi connectivity index (χ4v) is 2.65. The van der Waals surface area contributed by atoms with Crippen molar-refractivity contribution in [1.29, 1.82) is 5.26 Å². The normalized spacial score (nSPS) is 13.1. The lowest BCUT2D eigenvalue weighted by Gasteiger charge is -2.10. The van der Waals surface area contributed by atoms with Gasteiger partial charge in [-0.25, -0.2) is 0 Å². The molecule has 1 N–H and O–H groups in total. The van der Waals surface area contributed by atoms with Gasteiger partial charge in [0.15, 0.2) is 0 Å².